The van der Waals surface area contributed by atoms with Gasteiger partial charge in [-0.05, 0) is 12.0 Å². The minimum Gasteiger partial charge on any atom is -0.392 e. The zero-order valence-electron chi connectivity index (χ0n) is 14.6. The Kier molecular flexibility index (Phi) is 4.04. The van der Waals surface area contributed by atoms with E-state index in [4.69, 9.17) is 0 Å². The van der Waals surface area contributed by atoms with Crippen molar-refractivity contribution in [1.29, 1.82) is 0 Å². The molecule has 4 rings (SSSR count). The number of piperazine rings is 1. The molecule has 25 heavy (non-hydrogen) atoms. The molecule has 2 amide bonds. The number of rotatable bonds is 2. The first kappa shape index (κ1) is 16.5. The van der Waals surface area contributed by atoms with Crippen LogP contribution in [0.15, 0.2) is 30.3 Å². The van der Waals surface area contributed by atoms with Crippen LogP contribution in [0, 0.1) is 0 Å². The topological polar surface area (TPSA) is 64.1 Å². The third kappa shape index (κ3) is 2.93. The number of aliphatic hydroxyl groups excluding tert-OH is 1. The molecule has 3 fully saturated rings. The van der Waals surface area contributed by atoms with E-state index in [1.807, 2.05) is 40.1 Å². The molecule has 3 aliphatic heterocycles. The van der Waals surface area contributed by atoms with Crippen LogP contribution in [0.4, 0.5) is 0 Å². The predicted octanol–water partition coefficient (Wildman–Crippen LogP) is 0.107. The van der Waals surface area contributed by atoms with Crippen LogP contribution in [0.5, 0.6) is 0 Å². The maximum absolute atomic E-state index is 12.6. The number of nitrogens with zero attached hydrogens (tertiary/aromatic N) is 3. The summed E-state index contributed by atoms with van der Waals surface area (Å²) in [5.41, 5.74) is 0.843. The van der Waals surface area contributed by atoms with Gasteiger partial charge in [0.25, 0.3) is 0 Å². The normalized spacial score (nSPS) is 27.9. The smallest absolute Gasteiger partial charge is 0.227 e. The number of benzene rings is 1. The Morgan fingerprint density at radius 1 is 1.12 bits per heavy atom. The van der Waals surface area contributed by atoms with E-state index in [1.54, 1.807) is 6.92 Å². The number of amides is 2. The van der Waals surface area contributed by atoms with Crippen molar-refractivity contribution in [2.24, 2.45) is 0 Å². The third-order valence-corrected chi connectivity index (χ3v) is 5.88. The summed E-state index contributed by atoms with van der Waals surface area (Å²) in [7, 11) is 0. The van der Waals surface area contributed by atoms with E-state index in [-0.39, 0.29) is 29.5 Å². The molecular formula is C19H25N3O3. The molecule has 3 saturated heterocycles. The van der Waals surface area contributed by atoms with E-state index < -0.39 is 0 Å². The summed E-state index contributed by atoms with van der Waals surface area (Å²) in [5, 5.41) is 10.1. The second-order valence-corrected chi connectivity index (χ2v) is 7.73. The van der Waals surface area contributed by atoms with Gasteiger partial charge in [0.1, 0.15) is 0 Å². The van der Waals surface area contributed by atoms with Crippen molar-refractivity contribution in [2.75, 3.05) is 32.7 Å². The molecule has 134 valence electrons. The van der Waals surface area contributed by atoms with Crippen LogP contribution in [0.3, 0.4) is 0 Å². The number of likely N-dealkylation sites (tertiary alicyclic amines) is 1. The van der Waals surface area contributed by atoms with Crippen LogP contribution < -0.4 is 0 Å². The molecule has 3 aliphatic rings. The van der Waals surface area contributed by atoms with Gasteiger partial charge in [-0.1, -0.05) is 30.3 Å². The Morgan fingerprint density at radius 2 is 1.80 bits per heavy atom. The molecule has 0 bridgehead atoms. The summed E-state index contributed by atoms with van der Waals surface area (Å²) in [6.45, 7) is 4.88. The first-order valence-corrected chi connectivity index (χ1v) is 8.99. The molecule has 0 radical (unpaired) electrons. The Labute approximate surface area is 148 Å². The number of fused-ring (bicyclic) bond motifs is 2. The quantitative estimate of drug-likeness (QED) is 0.828. The van der Waals surface area contributed by atoms with Crippen LogP contribution in [0.2, 0.25) is 0 Å². The van der Waals surface area contributed by atoms with E-state index >= 15 is 0 Å². The molecule has 1 aromatic carbocycles. The van der Waals surface area contributed by atoms with Crippen molar-refractivity contribution in [1.82, 2.24) is 14.7 Å². The van der Waals surface area contributed by atoms with Crippen molar-refractivity contribution in [3.63, 3.8) is 0 Å². The highest BCUT2D eigenvalue weighted by Crippen LogP contribution is 2.39. The summed E-state index contributed by atoms with van der Waals surface area (Å²) >= 11 is 0. The van der Waals surface area contributed by atoms with E-state index in [0.29, 0.717) is 45.6 Å². The highest BCUT2D eigenvalue weighted by molar-refractivity contribution is 5.80. The monoisotopic (exact) mass is 343 g/mol. The van der Waals surface area contributed by atoms with Crippen molar-refractivity contribution < 1.29 is 14.7 Å². The van der Waals surface area contributed by atoms with Gasteiger partial charge in [-0.2, -0.15) is 0 Å². The van der Waals surface area contributed by atoms with Gasteiger partial charge in [0.2, 0.25) is 11.8 Å². The number of hydrogen-bond donors (Lipinski definition) is 1. The van der Waals surface area contributed by atoms with E-state index in [1.165, 1.54) is 0 Å². The highest BCUT2D eigenvalue weighted by Gasteiger charge is 2.57. The Morgan fingerprint density at radius 3 is 2.48 bits per heavy atom. The molecular weight excluding hydrogens is 318 g/mol. The lowest BCUT2D eigenvalue weighted by molar-refractivity contribution is -0.160. The van der Waals surface area contributed by atoms with E-state index in [2.05, 4.69) is 4.90 Å². The van der Waals surface area contributed by atoms with Crippen LogP contribution in [0.25, 0.3) is 0 Å². The summed E-state index contributed by atoms with van der Waals surface area (Å²) in [6, 6.07) is 9.99. The fourth-order valence-corrected chi connectivity index (χ4v) is 4.66. The highest BCUT2D eigenvalue weighted by atomic mass is 16.3. The second kappa shape index (κ2) is 6.11. The molecule has 0 unspecified atom stereocenters. The SMILES string of the molecule is CC(=O)N1C[C@H]2C[C@@H](O)CN2C2(C1)CN(C(=O)Cc1ccccc1)C2. The molecule has 3 heterocycles. The molecule has 0 saturated carbocycles. The average Bonchev–Trinajstić information content (AvgIpc) is 2.93. The van der Waals surface area contributed by atoms with Gasteiger partial charge >= 0.3 is 0 Å². The van der Waals surface area contributed by atoms with Gasteiger partial charge in [-0.25, -0.2) is 0 Å². The molecule has 2 atom stereocenters. The van der Waals surface area contributed by atoms with Crippen LogP contribution in [-0.2, 0) is 16.0 Å². The van der Waals surface area contributed by atoms with Crippen molar-refractivity contribution in [2.45, 2.75) is 37.5 Å². The van der Waals surface area contributed by atoms with Gasteiger partial charge in [-0.15, -0.1) is 0 Å². The summed E-state index contributed by atoms with van der Waals surface area (Å²) in [5.74, 6) is 0.211. The zero-order valence-corrected chi connectivity index (χ0v) is 14.6. The maximum Gasteiger partial charge on any atom is 0.227 e. The molecule has 1 aromatic rings. The van der Waals surface area contributed by atoms with Gasteiger partial charge in [0, 0.05) is 45.7 Å². The Hall–Kier alpha value is -1.92. The van der Waals surface area contributed by atoms with Crippen LogP contribution in [-0.4, -0.2) is 82.0 Å². The summed E-state index contributed by atoms with van der Waals surface area (Å²) in [4.78, 5) is 30.6. The number of carbonyl (C=O) groups is 2. The maximum atomic E-state index is 12.6. The number of hydrogen-bond acceptors (Lipinski definition) is 4. The van der Waals surface area contributed by atoms with E-state index in [0.717, 1.165) is 5.56 Å². The molecule has 1 N–H and O–H groups in total. The average molecular weight is 343 g/mol. The minimum atomic E-state index is -0.331. The Balaban J connectivity index is 1.45. The van der Waals surface area contributed by atoms with Gasteiger partial charge in [0.15, 0.2) is 0 Å². The van der Waals surface area contributed by atoms with Crippen molar-refractivity contribution in [3.8, 4) is 0 Å². The first-order valence-electron chi connectivity index (χ1n) is 8.99. The number of aliphatic hydroxyl groups is 1. The van der Waals surface area contributed by atoms with Crippen LogP contribution >= 0.6 is 0 Å². The minimum absolute atomic E-state index is 0.0782. The standard InChI is InChI=1S/C19H25N3O3/c1-14(23)20-9-16-8-17(24)10-22(16)19(11-20)12-21(13-19)18(25)7-15-5-3-2-4-6-15/h2-6,16-17,24H,7-13H2,1H3/t16-,17-/m1/s1. The fourth-order valence-electron chi connectivity index (χ4n) is 4.66. The largest absolute Gasteiger partial charge is 0.392 e. The van der Waals surface area contributed by atoms with Gasteiger partial charge < -0.3 is 14.9 Å². The molecule has 0 aliphatic carbocycles. The summed E-state index contributed by atoms with van der Waals surface area (Å²) < 4.78 is 0. The van der Waals surface area contributed by atoms with Crippen molar-refractivity contribution >= 4 is 11.8 Å². The predicted molar refractivity (Wildman–Crippen MR) is 92.8 cm³/mol. The molecule has 6 heteroatoms. The fraction of sp³-hybridized carbons (Fsp3) is 0.579. The summed E-state index contributed by atoms with van der Waals surface area (Å²) in [6.07, 6.45) is 0.797. The number of carbonyl (C=O) groups excluding carboxylic acids is 2. The third-order valence-electron chi connectivity index (χ3n) is 5.88. The lowest BCUT2D eigenvalue weighted by Gasteiger charge is -2.60. The number of β-amino-alcohol motifs (C(OH)–C–C–N with tert-alkyl or cyclic N) is 1. The van der Waals surface area contributed by atoms with E-state index in [9.17, 15) is 14.7 Å². The second-order valence-electron chi connectivity index (χ2n) is 7.73. The van der Waals surface area contributed by atoms with Gasteiger partial charge in [0.05, 0.1) is 18.1 Å². The molecule has 0 aromatic heterocycles. The lowest BCUT2D eigenvalue weighted by atomic mass is 9.83. The molecule has 6 nitrogen and oxygen atoms in total. The van der Waals surface area contributed by atoms with Gasteiger partial charge in [-0.3, -0.25) is 14.5 Å². The Bertz CT molecular complexity index is 672. The lowest BCUT2D eigenvalue weighted by Crippen LogP contribution is -2.79. The van der Waals surface area contributed by atoms with Crippen LogP contribution in [0.1, 0.15) is 18.9 Å². The van der Waals surface area contributed by atoms with Crippen molar-refractivity contribution in [3.05, 3.63) is 35.9 Å². The zero-order chi connectivity index (χ0) is 17.6. The first-order chi connectivity index (χ1) is 12.0. The molecule has 1 spiro atoms.